The molecule has 0 spiro atoms. The van der Waals surface area contributed by atoms with E-state index in [4.69, 9.17) is 15.0 Å². The molecule has 0 atom stereocenters. The standard InChI is InChI=1S/C8H10.C4H4O2.C2H4O3/c1-2-8-6-4-3-5-7-8;1-4(2-5)3-6;3-1-2(4)5/h3-7H,2H2,1H3;2-3H,1H2;3H,1H2,(H,4,5). The van der Waals surface area contributed by atoms with Crippen LogP contribution < -0.4 is 0 Å². The molecule has 0 bridgehead atoms. The maximum atomic E-state index is 9.41. The Hall–Kier alpha value is -2.27. The van der Waals surface area contributed by atoms with Crippen molar-refractivity contribution in [3.8, 4) is 0 Å². The summed E-state index contributed by atoms with van der Waals surface area (Å²) in [6.07, 6.45) is 1.96. The van der Waals surface area contributed by atoms with Crippen molar-refractivity contribution in [3.63, 3.8) is 0 Å². The largest absolute Gasteiger partial charge is 0.480 e. The summed E-state index contributed by atoms with van der Waals surface area (Å²) < 4.78 is 0. The first-order valence-electron chi connectivity index (χ1n) is 5.47. The highest BCUT2D eigenvalue weighted by Gasteiger charge is 1.82. The predicted molar refractivity (Wildman–Crippen MR) is 71.8 cm³/mol. The molecule has 0 radical (unpaired) electrons. The van der Waals surface area contributed by atoms with Gasteiger partial charge < -0.3 is 10.2 Å². The number of benzene rings is 1. The fourth-order valence-corrected chi connectivity index (χ4v) is 0.741. The van der Waals surface area contributed by atoms with Crippen molar-refractivity contribution in [3.05, 3.63) is 48.0 Å². The molecule has 0 aliphatic carbocycles. The van der Waals surface area contributed by atoms with Crippen LogP contribution in [0.3, 0.4) is 0 Å². The number of allylic oxidation sites excluding steroid dienone is 1. The number of aldehydes is 2. The number of carboxylic acid groups (broad SMARTS) is 1. The fraction of sp³-hybridized carbons (Fsp3) is 0.214. The highest BCUT2D eigenvalue weighted by Crippen LogP contribution is 1.96. The summed E-state index contributed by atoms with van der Waals surface area (Å²) in [6.45, 7) is 4.44. The van der Waals surface area contributed by atoms with Crippen LogP contribution in [0.15, 0.2) is 42.5 Å². The summed E-state index contributed by atoms with van der Waals surface area (Å²) in [5, 5.41) is 15.0. The van der Waals surface area contributed by atoms with Gasteiger partial charge in [0, 0.05) is 5.57 Å². The minimum absolute atomic E-state index is 0.0185. The Morgan fingerprint density at radius 2 is 1.63 bits per heavy atom. The van der Waals surface area contributed by atoms with Crippen LogP contribution in [0.1, 0.15) is 12.5 Å². The van der Waals surface area contributed by atoms with Gasteiger partial charge in [-0.2, -0.15) is 0 Å². The lowest BCUT2D eigenvalue weighted by atomic mass is 10.2. The lowest BCUT2D eigenvalue weighted by Gasteiger charge is -1.89. The lowest BCUT2D eigenvalue weighted by Crippen LogP contribution is -1.98. The lowest BCUT2D eigenvalue weighted by molar-refractivity contribution is -0.140. The minimum atomic E-state index is -1.19. The Labute approximate surface area is 112 Å². The van der Waals surface area contributed by atoms with E-state index in [0.717, 1.165) is 6.42 Å². The molecule has 1 aromatic carbocycles. The molecule has 0 aliphatic rings. The van der Waals surface area contributed by atoms with Crippen LogP contribution in [0.5, 0.6) is 0 Å². The Morgan fingerprint density at radius 1 is 1.21 bits per heavy atom. The fourth-order valence-electron chi connectivity index (χ4n) is 0.741. The molecule has 104 valence electrons. The Bertz CT molecular complexity index is 374. The van der Waals surface area contributed by atoms with Crippen molar-refractivity contribution < 1.29 is 24.6 Å². The minimum Gasteiger partial charge on any atom is -0.480 e. The van der Waals surface area contributed by atoms with Crippen LogP contribution in [-0.4, -0.2) is 35.4 Å². The molecule has 1 rings (SSSR count). The number of aliphatic hydroxyl groups is 1. The molecule has 0 saturated heterocycles. The molecule has 0 heterocycles. The van der Waals surface area contributed by atoms with Crippen molar-refractivity contribution in [1.29, 1.82) is 0 Å². The third-order valence-electron chi connectivity index (χ3n) is 1.69. The molecule has 0 unspecified atom stereocenters. The summed E-state index contributed by atoms with van der Waals surface area (Å²) in [7, 11) is 0. The van der Waals surface area contributed by atoms with Crippen molar-refractivity contribution in [1.82, 2.24) is 0 Å². The zero-order chi connectivity index (χ0) is 15.1. The van der Waals surface area contributed by atoms with E-state index in [1.807, 2.05) is 6.07 Å². The van der Waals surface area contributed by atoms with Gasteiger partial charge in [0.15, 0.2) is 12.6 Å². The monoisotopic (exact) mass is 266 g/mol. The van der Waals surface area contributed by atoms with Crippen LogP contribution in [0.4, 0.5) is 0 Å². The van der Waals surface area contributed by atoms with Gasteiger partial charge in [0.1, 0.15) is 6.61 Å². The number of aryl methyl sites for hydroxylation is 1. The van der Waals surface area contributed by atoms with Gasteiger partial charge in [-0.25, -0.2) is 4.79 Å². The number of rotatable bonds is 4. The van der Waals surface area contributed by atoms with Crippen LogP contribution in [-0.2, 0) is 20.8 Å². The second-order valence-corrected chi connectivity index (χ2v) is 3.20. The molecule has 1 aromatic rings. The van der Waals surface area contributed by atoms with Crippen molar-refractivity contribution in [2.75, 3.05) is 6.61 Å². The molecule has 5 heteroatoms. The van der Waals surface area contributed by atoms with Gasteiger partial charge in [0.2, 0.25) is 0 Å². The highest BCUT2D eigenvalue weighted by molar-refractivity contribution is 5.98. The molecule has 2 N–H and O–H groups in total. The van der Waals surface area contributed by atoms with E-state index in [1.54, 1.807) is 0 Å². The van der Waals surface area contributed by atoms with E-state index in [-0.39, 0.29) is 5.57 Å². The second-order valence-electron chi connectivity index (χ2n) is 3.20. The first kappa shape index (κ1) is 19.1. The normalized spacial score (nSPS) is 7.89. The second kappa shape index (κ2) is 13.8. The summed E-state index contributed by atoms with van der Waals surface area (Å²) in [6, 6.07) is 10.5. The number of carbonyl (C=O) groups is 3. The molecule has 19 heavy (non-hydrogen) atoms. The van der Waals surface area contributed by atoms with Gasteiger partial charge in [-0.1, -0.05) is 43.8 Å². The SMILES string of the molecule is C=C(C=O)C=O.CCc1ccccc1.O=C(O)CO. The number of aliphatic carboxylic acids is 1. The van der Waals surface area contributed by atoms with E-state index in [0.29, 0.717) is 12.6 Å². The number of hydrogen-bond donors (Lipinski definition) is 2. The van der Waals surface area contributed by atoms with Crippen LogP contribution in [0.25, 0.3) is 0 Å². The van der Waals surface area contributed by atoms with E-state index in [9.17, 15) is 9.59 Å². The number of carbonyl (C=O) groups excluding carboxylic acids is 2. The van der Waals surface area contributed by atoms with E-state index in [2.05, 4.69) is 37.8 Å². The molecule has 0 aliphatic heterocycles. The molecule has 5 nitrogen and oxygen atoms in total. The number of aliphatic hydroxyl groups excluding tert-OH is 1. The Balaban J connectivity index is 0. The first-order chi connectivity index (χ1) is 9.01. The van der Waals surface area contributed by atoms with Crippen molar-refractivity contribution >= 4 is 18.5 Å². The molecular formula is C14H18O5. The van der Waals surface area contributed by atoms with Crippen LogP contribution in [0, 0.1) is 0 Å². The van der Waals surface area contributed by atoms with Crippen molar-refractivity contribution in [2.45, 2.75) is 13.3 Å². The van der Waals surface area contributed by atoms with Gasteiger partial charge in [-0.05, 0) is 12.0 Å². The maximum absolute atomic E-state index is 9.41. The first-order valence-corrected chi connectivity index (χ1v) is 5.47. The third kappa shape index (κ3) is 15.7. The average molecular weight is 266 g/mol. The number of carboxylic acids is 1. The summed E-state index contributed by atoms with van der Waals surface area (Å²) >= 11 is 0. The van der Waals surface area contributed by atoms with Crippen molar-refractivity contribution in [2.24, 2.45) is 0 Å². The van der Waals surface area contributed by atoms with Gasteiger partial charge >= 0.3 is 5.97 Å². The zero-order valence-electron chi connectivity index (χ0n) is 10.8. The Kier molecular flexibility index (Phi) is 13.9. The smallest absolute Gasteiger partial charge is 0.329 e. The Morgan fingerprint density at radius 3 is 1.79 bits per heavy atom. The zero-order valence-corrected chi connectivity index (χ0v) is 10.8. The molecule has 0 amide bonds. The molecule has 0 aromatic heterocycles. The topological polar surface area (TPSA) is 91.7 Å². The van der Waals surface area contributed by atoms with Gasteiger partial charge in [-0.15, -0.1) is 0 Å². The molecule has 0 saturated carbocycles. The quantitative estimate of drug-likeness (QED) is 0.370. The number of hydrogen-bond acceptors (Lipinski definition) is 4. The van der Waals surface area contributed by atoms with E-state index < -0.39 is 12.6 Å². The van der Waals surface area contributed by atoms with Crippen LogP contribution in [0.2, 0.25) is 0 Å². The summed E-state index contributed by atoms with van der Waals surface area (Å²) in [4.78, 5) is 27.9. The van der Waals surface area contributed by atoms with Crippen LogP contribution >= 0.6 is 0 Å². The van der Waals surface area contributed by atoms with Gasteiger partial charge in [-0.3, -0.25) is 9.59 Å². The maximum Gasteiger partial charge on any atom is 0.329 e. The predicted octanol–water partition coefficient (Wildman–Crippen LogP) is 1.25. The molecule has 0 fully saturated rings. The summed E-state index contributed by atoms with van der Waals surface area (Å²) in [5.74, 6) is -1.19. The van der Waals surface area contributed by atoms with Gasteiger partial charge in [0.05, 0.1) is 0 Å². The van der Waals surface area contributed by atoms with Gasteiger partial charge in [0.25, 0.3) is 0 Å². The third-order valence-corrected chi connectivity index (χ3v) is 1.69. The van der Waals surface area contributed by atoms with E-state index in [1.165, 1.54) is 5.56 Å². The average Bonchev–Trinajstić information content (AvgIpc) is 2.48. The summed E-state index contributed by atoms with van der Waals surface area (Å²) in [5.41, 5.74) is 1.39. The molecular weight excluding hydrogens is 248 g/mol. The highest BCUT2D eigenvalue weighted by atomic mass is 16.4. The van der Waals surface area contributed by atoms with E-state index >= 15 is 0 Å².